The Hall–Kier alpha value is -0.660. The Labute approximate surface area is 145 Å². The molecule has 3 fully saturated rings. The largest absolute Gasteiger partial charge is 0.335 e. The van der Waals surface area contributed by atoms with Crippen molar-refractivity contribution < 1.29 is 13.2 Å². The second kappa shape index (κ2) is 7.70. The van der Waals surface area contributed by atoms with Gasteiger partial charge in [-0.2, -0.15) is 0 Å². The Morgan fingerprint density at radius 1 is 1.17 bits per heavy atom. The smallest absolute Gasteiger partial charge is 0.237 e. The minimum atomic E-state index is -2.97. The zero-order valence-electron chi connectivity index (χ0n) is 14.7. The Balaban J connectivity index is 1.71. The standard InChI is InChI=1S/C17H31N3O3S/c1-14-11-18-8-9-19(14)12-17(21)20(15-5-3-2-4-6-15)16-7-10-24(22,23)13-16/h14-16,18H,2-13H2,1H3/t14-,16?/m0/s1. The number of nitrogens with zero attached hydrogens (tertiary/aromatic N) is 2. The van der Waals surface area contributed by atoms with Crippen LogP contribution in [0, 0.1) is 0 Å². The van der Waals surface area contributed by atoms with E-state index in [2.05, 4.69) is 17.1 Å². The third kappa shape index (κ3) is 4.29. The maximum absolute atomic E-state index is 13.1. The van der Waals surface area contributed by atoms with Crippen molar-refractivity contribution in [3.8, 4) is 0 Å². The molecular weight excluding hydrogens is 326 g/mol. The van der Waals surface area contributed by atoms with Crippen LogP contribution in [0.1, 0.15) is 45.4 Å². The number of rotatable bonds is 4. The number of sulfone groups is 1. The van der Waals surface area contributed by atoms with Gasteiger partial charge in [-0.3, -0.25) is 9.69 Å². The molecule has 0 aromatic rings. The number of amides is 1. The monoisotopic (exact) mass is 357 g/mol. The van der Waals surface area contributed by atoms with Crippen molar-refractivity contribution in [1.29, 1.82) is 0 Å². The molecule has 138 valence electrons. The van der Waals surface area contributed by atoms with Gasteiger partial charge in [0.05, 0.1) is 18.1 Å². The van der Waals surface area contributed by atoms with Gasteiger partial charge in [-0.15, -0.1) is 0 Å². The van der Waals surface area contributed by atoms with Gasteiger partial charge < -0.3 is 10.2 Å². The molecule has 0 spiro atoms. The molecule has 1 saturated carbocycles. The summed E-state index contributed by atoms with van der Waals surface area (Å²) in [6, 6.07) is 0.481. The zero-order valence-corrected chi connectivity index (χ0v) is 15.6. The maximum atomic E-state index is 13.1. The van der Waals surface area contributed by atoms with Gasteiger partial charge in [0.25, 0.3) is 0 Å². The van der Waals surface area contributed by atoms with Crippen LogP contribution in [0.3, 0.4) is 0 Å². The molecule has 0 radical (unpaired) electrons. The molecule has 0 aromatic carbocycles. The highest BCUT2D eigenvalue weighted by molar-refractivity contribution is 7.91. The van der Waals surface area contributed by atoms with Gasteiger partial charge in [0.15, 0.2) is 9.84 Å². The normalized spacial score (nSPS) is 31.9. The van der Waals surface area contributed by atoms with Crippen molar-refractivity contribution in [3.05, 3.63) is 0 Å². The first-order chi connectivity index (χ1) is 11.5. The molecule has 1 amide bonds. The van der Waals surface area contributed by atoms with Gasteiger partial charge in [-0.1, -0.05) is 19.3 Å². The third-order valence-electron chi connectivity index (χ3n) is 5.84. The SMILES string of the molecule is C[C@H]1CNCCN1CC(=O)N(C1CCCCC1)C1CCS(=O)(=O)C1. The summed E-state index contributed by atoms with van der Waals surface area (Å²) in [5.74, 6) is 0.530. The summed E-state index contributed by atoms with van der Waals surface area (Å²) >= 11 is 0. The fourth-order valence-corrected chi connectivity index (χ4v) is 6.14. The molecule has 0 bridgehead atoms. The number of nitrogens with one attached hydrogen (secondary N) is 1. The van der Waals surface area contributed by atoms with Crippen molar-refractivity contribution in [2.45, 2.75) is 63.6 Å². The average Bonchev–Trinajstić information content (AvgIpc) is 2.90. The molecule has 2 atom stereocenters. The Kier molecular flexibility index (Phi) is 5.82. The predicted molar refractivity (Wildman–Crippen MR) is 94.7 cm³/mol. The Bertz CT molecular complexity index is 545. The number of piperazine rings is 1. The quantitative estimate of drug-likeness (QED) is 0.799. The van der Waals surface area contributed by atoms with Crippen molar-refractivity contribution in [2.75, 3.05) is 37.7 Å². The van der Waals surface area contributed by atoms with Gasteiger partial charge >= 0.3 is 0 Å². The molecule has 1 aliphatic carbocycles. The Morgan fingerprint density at radius 2 is 1.92 bits per heavy atom. The summed E-state index contributed by atoms with van der Waals surface area (Å²) < 4.78 is 23.9. The number of carbonyl (C=O) groups excluding carboxylic acids is 1. The molecule has 2 saturated heterocycles. The number of hydrogen-bond acceptors (Lipinski definition) is 5. The van der Waals surface area contributed by atoms with Crippen LogP contribution in [0.15, 0.2) is 0 Å². The fraction of sp³-hybridized carbons (Fsp3) is 0.941. The molecule has 6 nitrogen and oxygen atoms in total. The van der Waals surface area contributed by atoms with Crippen molar-refractivity contribution in [3.63, 3.8) is 0 Å². The van der Waals surface area contributed by atoms with Gasteiger partial charge in [-0.25, -0.2) is 8.42 Å². The summed E-state index contributed by atoms with van der Waals surface area (Å²) in [6.07, 6.45) is 6.20. The first-order valence-corrected chi connectivity index (χ1v) is 11.2. The molecule has 2 heterocycles. The highest BCUT2D eigenvalue weighted by atomic mass is 32.2. The topological polar surface area (TPSA) is 69.7 Å². The lowest BCUT2D eigenvalue weighted by Gasteiger charge is -2.41. The first kappa shape index (κ1) is 18.1. The van der Waals surface area contributed by atoms with E-state index in [1.165, 1.54) is 6.42 Å². The first-order valence-electron chi connectivity index (χ1n) is 9.42. The van der Waals surface area contributed by atoms with E-state index in [0.29, 0.717) is 19.0 Å². The van der Waals surface area contributed by atoms with Crippen LogP contribution in [0.4, 0.5) is 0 Å². The second-order valence-electron chi connectivity index (χ2n) is 7.67. The lowest BCUT2D eigenvalue weighted by Crippen LogP contribution is -2.56. The summed E-state index contributed by atoms with van der Waals surface area (Å²) in [5, 5.41) is 3.35. The highest BCUT2D eigenvalue weighted by Gasteiger charge is 2.39. The van der Waals surface area contributed by atoms with E-state index in [9.17, 15) is 13.2 Å². The van der Waals surface area contributed by atoms with Crippen molar-refractivity contribution in [2.24, 2.45) is 0 Å². The van der Waals surface area contributed by atoms with E-state index in [1.807, 2.05) is 4.90 Å². The molecule has 0 aromatic heterocycles. The predicted octanol–water partition coefficient (Wildman–Crippen LogP) is 0.629. The highest BCUT2D eigenvalue weighted by Crippen LogP contribution is 2.28. The van der Waals surface area contributed by atoms with Crippen molar-refractivity contribution >= 4 is 15.7 Å². The van der Waals surface area contributed by atoms with E-state index >= 15 is 0 Å². The molecule has 24 heavy (non-hydrogen) atoms. The summed E-state index contributed by atoms with van der Waals surface area (Å²) in [7, 11) is -2.97. The van der Waals surface area contributed by atoms with E-state index in [0.717, 1.165) is 45.3 Å². The van der Waals surface area contributed by atoms with Crippen LogP contribution in [-0.4, -0.2) is 79.9 Å². The lowest BCUT2D eigenvalue weighted by atomic mass is 9.92. The lowest BCUT2D eigenvalue weighted by molar-refractivity contribution is -0.138. The third-order valence-corrected chi connectivity index (χ3v) is 7.59. The molecule has 3 aliphatic rings. The molecule has 1 N–H and O–H groups in total. The van der Waals surface area contributed by atoms with Crippen LogP contribution in [0.25, 0.3) is 0 Å². The van der Waals surface area contributed by atoms with Crippen LogP contribution >= 0.6 is 0 Å². The van der Waals surface area contributed by atoms with E-state index in [-0.39, 0.29) is 29.5 Å². The fourth-order valence-electron chi connectivity index (χ4n) is 4.43. The zero-order chi connectivity index (χ0) is 17.2. The van der Waals surface area contributed by atoms with Crippen LogP contribution in [0.2, 0.25) is 0 Å². The van der Waals surface area contributed by atoms with Crippen LogP contribution in [-0.2, 0) is 14.6 Å². The molecule has 2 aliphatic heterocycles. The Morgan fingerprint density at radius 3 is 2.54 bits per heavy atom. The molecule has 1 unspecified atom stereocenters. The summed E-state index contributed by atoms with van der Waals surface area (Å²) in [4.78, 5) is 17.3. The minimum absolute atomic E-state index is 0.108. The van der Waals surface area contributed by atoms with E-state index < -0.39 is 9.84 Å². The average molecular weight is 358 g/mol. The minimum Gasteiger partial charge on any atom is -0.335 e. The van der Waals surface area contributed by atoms with Gasteiger partial charge in [0.1, 0.15) is 0 Å². The van der Waals surface area contributed by atoms with Crippen LogP contribution in [0.5, 0.6) is 0 Å². The van der Waals surface area contributed by atoms with Gasteiger partial charge in [0, 0.05) is 37.8 Å². The van der Waals surface area contributed by atoms with Crippen LogP contribution < -0.4 is 5.32 Å². The van der Waals surface area contributed by atoms with E-state index in [4.69, 9.17) is 0 Å². The molecule has 7 heteroatoms. The summed E-state index contributed by atoms with van der Waals surface area (Å²) in [5.41, 5.74) is 0. The summed E-state index contributed by atoms with van der Waals surface area (Å²) in [6.45, 7) is 5.28. The van der Waals surface area contributed by atoms with Gasteiger partial charge in [-0.05, 0) is 26.2 Å². The molecule has 3 rings (SSSR count). The number of carbonyl (C=O) groups is 1. The van der Waals surface area contributed by atoms with Gasteiger partial charge in [0.2, 0.25) is 5.91 Å². The number of hydrogen-bond donors (Lipinski definition) is 1. The molecular formula is C17H31N3O3S. The second-order valence-corrected chi connectivity index (χ2v) is 9.90. The maximum Gasteiger partial charge on any atom is 0.237 e. The van der Waals surface area contributed by atoms with Crippen molar-refractivity contribution in [1.82, 2.24) is 15.1 Å². The van der Waals surface area contributed by atoms with E-state index in [1.54, 1.807) is 0 Å².